The average Bonchev–Trinajstić information content (AvgIpc) is 2.88. The Kier molecular flexibility index (Phi) is 4.40. The third-order valence-electron chi connectivity index (χ3n) is 2.99. The highest BCUT2D eigenvalue weighted by Gasteiger charge is 2.33. The van der Waals surface area contributed by atoms with Gasteiger partial charge in [-0.1, -0.05) is 0 Å². The maximum atomic E-state index is 12.2. The van der Waals surface area contributed by atoms with Gasteiger partial charge in [-0.25, -0.2) is 14.4 Å². The van der Waals surface area contributed by atoms with Gasteiger partial charge in [-0.05, 0) is 6.92 Å². The molecule has 0 aliphatic rings. The van der Waals surface area contributed by atoms with E-state index in [9.17, 15) is 14.4 Å². The number of carbonyl (C=O) groups excluding carboxylic acids is 3. The second kappa shape index (κ2) is 6.25. The first-order valence-corrected chi connectivity index (χ1v) is 6.38. The molecule has 0 saturated heterocycles. The van der Waals surface area contributed by atoms with Crippen LogP contribution in [0.25, 0.3) is 5.52 Å². The zero-order valence-corrected chi connectivity index (χ0v) is 12.3. The minimum atomic E-state index is -0.841. The van der Waals surface area contributed by atoms with Crippen molar-refractivity contribution in [3.05, 3.63) is 35.4 Å². The molecule has 0 amide bonds. The van der Waals surface area contributed by atoms with Crippen molar-refractivity contribution >= 4 is 23.4 Å². The standard InChI is InChI=1S/C14H14N2O6/c1-4-22-14(19)11-10(13(18)21-3)9(12(17)20-2)8-7-15-5-6-16(8)11/h5-7H,4H2,1-3H3. The summed E-state index contributed by atoms with van der Waals surface area (Å²) in [6.45, 7) is 1.75. The van der Waals surface area contributed by atoms with Gasteiger partial charge in [-0.15, -0.1) is 0 Å². The Morgan fingerprint density at radius 1 is 1.09 bits per heavy atom. The van der Waals surface area contributed by atoms with Crippen LogP contribution in [-0.4, -0.2) is 48.1 Å². The Morgan fingerprint density at radius 2 is 1.73 bits per heavy atom. The predicted octanol–water partition coefficient (Wildman–Crippen LogP) is 1.08. The molecule has 2 aromatic rings. The van der Waals surface area contributed by atoms with Gasteiger partial charge in [-0.3, -0.25) is 4.98 Å². The number of carbonyl (C=O) groups is 3. The summed E-state index contributed by atoms with van der Waals surface area (Å²) in [6.07, 6.45) is 4.21. The smallest absolute Gasteiger partial charge is 0.356 e. The third-order valence-corrected chi connectivity index (χ3v) is 2.99. The Bertz CT molecular complexity index is 749. The lowest BCUT2D eigenvalue weighted by molar-refractivity contribution is 0.0494. The summed E-state index contributed by atoms with van der Waals surface area (Å²) >= 11 is 0. The van der Waals surface area contributed by atoms with Gasteiger partial charge >= 0.3 is 17.9 Å². The second-order valence-electron chi connectivity index (χ2n) is 4.13. The molecule has 0 aromatic carbocycles. The Hall–Kier alpha value is -2.90. The molecule has 2 rings (SSSR count). The van der Waals surface area contributed by atoms with Gasteiger partial charge in [0.1, 0.15) is 16.8 Å². The molecule has 0 aliphatic carbocycles. The molecular weight excluding hydrogens is 292 g/mol. The highest BCUT2D eigenvalue weighted by Crippen LogP contribution is 2.25. The average molecular weight is 306 g/mol. The molecule has 0 saturated carbocycles. The van der Waals surface area contributed by atoms with Crippen molar-refractivity contribution in [2.45, 2.75) is 6.92 Å². The summed E-state index contributed by atoms with van der Waals surface area (Å²) in [5.74, 6) is -2.37. The van der Waals surface area contributed by atoms with E-state index in [1.807, 2.05) is 0 Å². The molecular formula is C14H14N2O6. The van der Waals surface area contributed by atoms with E-state index >= 15 is 0 Å². The molecule has 22 heavy (non-hydrogen) atoms. The first-order valence-electron chi connectivity index (χ1n) is 6.38. The van der Waals surface area contributed by atoms with Crippen LogP contribution in [0.3, 0.4) is 0 Å². The predicted molar refractivity (Wildman–Crippen MR) is 73.8 cm³/mol. The summed E-state index contributed by atoms with van der Waals surface area (Å²) in [4.78, 5) is 40.2. The van der Waals surface area contributed by atoms with Crippen LogP contribution in [0.4, 0.5) is 0 Å². The third kappa shape index (κ3) is 2.39. The summed E-state index contributed by atoms with van der Waals surface area (Å²) < 4.78 is 15.7. The van der Waals surface area contributed by atoms with Crippen molar-refractivity contribution in [2.24, 2.45) is 0 Å². The fraction of sp³-hybridized carbons (Fsp3) is 0.286. The number of methoxy groups -OCH3 is 2. The van der Waals surface area contributed by atoms with E-state index < -0.39 is 17.9 Å². The summed E-state index contributed by atoms with van der Waals surface area (Å²) in [5.41, 5.74) is -0.157. The van der Waals surface area contributed by atoms with E-state index in [-0.39, 0.29) is 28.9 Å². The number of ether oxygens (including phenoxy) is 3. The fourth-order valence-electron chi connectivity index (χ4n) is 2.12. The van der Waals surface area contributed by atoms with E-state index in [0.29, 0.717) is 0 Å². The largest absolute Gasteiger partial charge is 0.465 e. The van der Waals surface area contributed by atoms with E-state index in [1.165, 1.54) is 30.1 Å². The van der Waals surface area contributed by atoms with Gasteiger partial charge < -0.3 is 18.6 Å². The molecule has 116 valence electrons. The van der Waals surface area contributed by atoms with Crippen molar-refractivity contribution in [2.75, 3.05) is 20.8 Å². The maximum Gasteiger partial charge on any atom is 0.356 e. The number of fused-ring (bicyclic) bond motifs is 1. The lowest BCUT2D eigenvalue weighted by atomic mass is 10.1. The molecule has 2 heterocycles. The summed E-state index contributed by atoms with van der Waals surface area (Å²) in [6, 6.07) is 0. The zero-order valence-electron chi connectivity index (χ0n) is 12.3. The number of hydrogen-bond acceptors (Lipinski definition) is 7. The van der Waals surface area contributed by atoms with Crippen LogP contribution in [0, 0.1) is 0 Å². The molecule has 0 aliphatic heterocycles. The summed E-state index contributed by atoms with van der Waals surface area (Å²) in [7, 11) is 2.33. The van der Waals surface area contributed by atoms with Crippen molar-refractivity contribution in [3.8, 4) is 0 Å². The lowest BCUT2D eigenvalue weighted by Gasteiger charge is -2.05. The van der Waals surface area contributed by atoms with Crippen LogP contribution in [0.1, 0.15) is 38.1 Å². The van der Waals surface area contributed by atoms with Gasteiger partial charge in [0.25, 0.3) is 0 Å². The SMILES string of the molecule is CCOC(=O)c1c(C(=O)OC)c(C(=O)OC)c2cnccn12. The Labute approximate surface area is 125 Å². The molecule has 0 bridgehead atoms. The minimum Gasteiger partial charge on any atom is -0.465 e. The van der Waals surface area contributed by atoms with Gasteiger partial charge in [0, 0.05) is 12.4 Å². The van der Waals surface area contributed by atoms with Crippen molar-refractivity contribution in [3.63, 3.8) is 0 Å². The van der Waals surface area contributed by atoms with E-state index in [0.717, 1.165) is 7.11 Å². The molecule has 0 radical (unpaired) electrons. The topological polar surface area (TPSA) is 96.2 Å². The van der Waals surface area contributed by atoms with Crippen LogP contribution >= 0.6 is 0 Å². The molecule has 0 spiro atoms. The molecule has 8 nitrogen and oxygen atoms in total. The van der Waals surface area contributed by atoms with Crippen molar-refractivity contribution in [1.82, 2.24) is 9.38 Å². The molecule has 0 atom stereocenters. The molecule has 0 N–H and O–H groups in total. The fourth-order valence-corrected chi connectivity index (χ4v) is 2.12. The van der Waals surface area contributed by atoms with Gasteiger partial charge in [0.15, 0.2) is 0 Å². The minimum absolute atomic E-state index is 0.0921. The zero-order chi connectivity index (χ0) is 16.3. The number of rotatable bonds is 4. The van der Waals surface area contributed by atoms with Crippen LogP contribution < -0.4 is 0 Å². The van der Waals surface area contributed by atoms with E-state index in [1.54, 1.807) is 6.92 Å². The van der Waals surface area contributed by atoms with E-state index in [4.69, 9.17) is 9.47 Å². The monoisotopic (exact) mass is 306 g/mol. The lowest BCUT2D eigenvalue weighted by Crippen LogP contribution is -2.16. The molecule has 8 heteroatoms. The first kappa shape index (κ1) is 15.5. The normalized spacial score (nSPS) is 10.3. The summed E-state index contributed by atoms with van der Waals surface area (Å²) in [5, 5.41) is 0. The van der Waals surface area contributed by atoms with Crippen LogP contribution in [0.2, 0.25) is 0 Å². The Balaban J connectivity index is 2.88. The Morgan fingerprint density at radius 3 is 2.32 bits per heavy atom. The number of aromatic nitrogens is 2. The maximum absolute atomic E-state index is 12.2. The molecule has 0 fully saturated rings. The van der Waals surface area contributed by atoms with Crippen molar-refractivity contribution in [1.29, 1.82) is 0 Å². The van der Waals surface area contributed by atoms with E-state index in [2.05, 4.69) is 9.72 Å². The van der Waals surface area contributed by atoms with Gasteiger partial charge in [-0.2, -0.15) is 0 Å². The molecule has 2 aromatic heterocycles. The van der Waals surface area contributed by atoms with Crippen LogP contribution in [0.5, 0.6) is 0 Å². The number of hydrogen-bond donors (Lipinski definition) is 0. The second-order valence-corrected chi connectivity index (χ2v) is 4.13. The quantitative estimate of drug-likeness (QED) is 0.616. The van der Waals surface area contributed by atoms with Crippen LogP contribution in [-0.2, 0) is 14.2 Å². The highest BCUT2D eigenvalue weighted by molar-refractivity contribution is 6.14. The van der Waals surface area contributed by atoms with Gasteiger partial charge in [0.05, 0.1) is 32.5 Å². The van der Waals surface area contributed by atoms with Crippen LogP contribution in [0.15, 0.2) is 18.6 Å². The highest BCUT2D eigenvalue weighted by atomic mass is 16.5. The van der Waals surface area contributed by atoms with Gasteiger partial charge in [0.2, 0.25) is 0 Å². The van der Waals surface area contributed by atoms with Crippen molar-refractivity contribution < 1.29 is 28.6 Å². The first-order chi connectivity index (χ1) is 10.6. The number of esters is 3. The number of nitrogens with zero attached hydrogens (tertiary/aromatic N) is 2. The molecule has 0 unspecified atom stereocenters.